The van der Waals surface area contributed by atoms with Gasteiger partial charge in [-0.25, -0.2) is 9.97 Å². The predicted molar refractivity (Wildman–Crippen MR) is 112 cm³/mol. The lowest BCUT2D eigenvalue weighted by Gasteiger charge is -2.15. The van der Waals surface area contributed by atoms with Crippen LogP contribution in [-0.2, 0) is 11.8 Å². The van der Waals surface area contributed by atoms with Crippen molar-refractivity contribution in [3.8, 4) is 11.4 Å². The minimum Gasteiger partial charge on any atom is -0.383 e. The number of carbonyl (C=O) groups is 1. The molecule has 0 spiro atoms. The maximum atomic E-state index is 12.8. The Labute approximate surface area is 172 Å². The largest absolute Gasteiger partial charge is 0.383 e. The topological polar surface area (TPSA) is 97.7 Å². The van der Waals surface area contributed by atoms with Crippen molar-refractivity contribution >= 4 is 39.6 Å². The van der Waals surface area contributed by atoms with Crippen molar-refractivity contribution in [1.29, 1.82) is 0 Å². The summed E-state index contributed by atoms with van der Waals surface area (Å²) >= 11 is 6.11. The van der Waals surface area contributed by atoms with E-state index in [1.807, 2.05) is 32.2 Å². The van der Waals surface area contributed by atoms with Crippen molar-refractivity contribution in [3.63, 3.8) is 0 Å². The first-order valence-corrected chi connectivity index (χ1v) is 9.66. The number of rotatable bonds is 6. The van der Waals surface area contributed by atoms with E-state index in [1.165, 1.54) is 0 Å². The van der Waals surface area contributed by atoms with E-state index in [0.29, 0.717) is 39.7 Å². The summed E-state index contributed by atoms with van der Waals surface area (Å²) in [6.07, 6.45) is 4.04. The minimum absolute atomic E-state index is 0.0712. The van der Waals surface area contributed by atoms with Gasteiger partial charge in [0.15, 0.2) is 5.65 Å². The lowest BCUT2D eigenvalue weighted by atomic mass is 10.1. The molecule has 0 fully saturated rings. The Morgan fingerprint density at radius 3 is 3.00 bits per heavy atom. The Kier molecular flexibility index (Phi) is 5.21. The zero-order valence-electron chi connectivity index (χ0n) is 16.4. The van der Waals surface area contributed by atoms with Crippen LogP contribution in [0.1, 0.15) is 23.7 Å². The fraction of sp³-hybridized carbons (Fsp3) is 0.300. The number of fused-ring (bicyclic) bond motifs is 2. The van der Waals surface area contributed by atoms with Gasteiger partial charge >= 0.3 is 0 Å². The van der Waals surface area contributed by atoms with Gasteiger partial charge in [0, 0.05) is 30.8 Å². The molecule has 0 aliphatic carbocycles. The summed E-state index contributed by atoms with van der Waals surface area (Å²) in [5.41, 5.74) is 3.65. The third kappa shape index (κ3) is 3.56. The first kappa shape index (κ1) is 19.4. The number of hydrogen-bond acceptors (Lipinski definition) is 5. The van der Waals surface area contributed by atoms with Crippen LogP contribution in [0.5, 0.6) is 0 Å². The summed E-state index contributed by atoms with van der Waals surface area (Å²) in [5, 5.41) is 9.11. The lowest BCUT2D eigenvalue weighted by Crippen LogP contribution is -2.37. The number of aromatic amines is 1. The van der Waals surface area contributed by atoms with Crippen molar-refractivity contribution in [3.05, 3.63) is 41.2 Å². The Balaban J connectivity index is 1.75. The fourth-order valence-electron chi connectivity index (χ4n) is 3.32. The van der Waals surface area contributed by atoms with Gasteiger partial charge in [0.2, 0.25) is 0 Å². The smallest absolute Gasteiger partial charge is 0.255 e. The average molecular weight is 413 g/mol. The van der Waals surface area contributed by atoms with Crippen molar-refractivity contribution < 1.29 is 9.53 Å². The first-order chi connectivity index (χ1) is 14.0. The van der Waals surface area contributed by atoms with E-state index in [4.69, 9.17) is 21.3 Å². The van der Waals surface area contributed by atoms with Gasteiger partial charge in [-0.2, -0.15) is 5.10 Å². The van der Waals surface area contributed by atoms with Crippen molar-refractivity contribution in [2.24, 2.45) is 7.05 Å². The van der Waals surface area contributed by atoms with E-state index in [0.717, 1.165) is 17.3 Å². The van der Waals surface area contributed by atoms with Crippen molar-refractivity contribution in [2.75, 3.05) is 13.7 Å². The molecule has 0 saturated heterocycles. The molecule has 8 nitrogen and oxygen atoms in total. The van der Waals surface area contributed by atoms with Crippen LogP contribution in [0.15, 0.2) is 30.6 Å². The van der Waals surface area contributed by atoms with Gasteiger partial charge in [0.25, 0.3) is 5.91 Å². The Bertz CT molecular complexity index is 1200. The second-order valence-electron chi connectivity index (χ2n) is 6.82. The van der Waals surface area contributed by atoms with E-state index in [-0.39, 0.29) is 11.9 Å². The number of nitrogens with one attached hydrogen (secondary N) is 2. The second-order valence-corrected chi connectivity index (χ2v) is 7.26. The molecule has 0 aliphatic rings. The van der Waals surface area contributed by atoms with Gasteiger partial charge in [-0.05, 0) is 24.6 Å². The van der Waals surface area contributed by atoms with Crippen LogP contribution < -0.4 is 5.32 Å². The molecule has 4 aromatic rings. The Morgan fingerprint density at radius 1 is 1.41 bits per heavy atom. The molecule has 29 heavy (non-hydrogen) atoms. The maximum Gasteiger partial charge on any atom is 0.255 e. The molecule has 4 rings (SSSR count). The quantitative estimate of drug-likeness (QED) is 0.506. The van der Waals surface area contributed by atoms with Crippen LogP contribution in [0.2, 0.25) is 5.02 Å². The van der Waals surface area contributed by atoms with E-state index in [1.54, 1.807) is 24.2 Å². The molecule has 1 atom stereocenters. The Hall–Kier alpha value is -2.97. The van der Waals surface area contributed by atoms with E-state index < -0.39 is 0 Å². The summed E-state index contributed by atoms with van der Waals surface area (Å²) in [7, 11) is 3.46. The number of carbonyl (C=O) groups excluding carboxylic acids is 1. The Morgan fingerprint density at radius 2 is 2.24 bits per heavy atom. The number of hydrogen-bond donors (Lipinski definition) is 2. The summed E-state index contributed by atoms with van der Waals surface area (Å²) in [6.45, 7) is 2.44. The van der Waals surface area contributed by atoms with Crippen LogP contribution in [-0.4, -0.2) is 50.4 Å². The van der Waals surface area contributed by atoms with Gasteiger partial charge in [-0.3, -0.25) is 9.48 Å². The average Bonchev–Trinajstić information content (AvgIpc) is 3.28. The molecule has 1 amide bonds. The zero-order chi connectivity index (χ0) is 20.5. The SMILES string of the molecule is CCC(COC)NC(=O)c1c[nH]c2ncc(-c3nn(C)c4cc(Cl)ccc34)nc12. The van der Waals surface area contributed by atoms with E-state index in [2.05, 4.69) is 20.4 Å². The highest BCUT2D eigenvalue weighted by Crippen LogP contribution is 2.29. The number of aryl methyl sites for hydroxylation is 1. The van der Waals surface area contributed by atoms with Gasteiger partial charge < -0.3 is 15.0 Å². The number of nitrogens with zero attached hydrogens (tertiary/aromatic N) is 4. The highest BCUT2D eigenvalue weighted by atomic mass is 35.5. The first-order valence-electron chi connectivity index (χ1n) is 9.28. The van der Waals surface area contributed by atoms with Gasteiger partial charge in [0.1, 0.15) is 16.9 Å². The number of H-pyrrole nitrogens is 1. The monoisotopic (exact) mass is 412 g/mol. The standard InChI is InChI=1S/C20H21ClN6O2/c1-4-12(10-29-3)24-20(28)14-8-22-19-18(14)25-15(9-23-19)17-13-6-5-11(21)7-16(13)27(2)26-17/h5-9,12H,4,10H2,1-3H3,(H,22,23)(H,24,28). The highest BCUT2D eigenvalue weighted by Gasteiger charge is 2.19. The second kappa shape index (κ2) is 7.81. The number of benzene rings is 1. The summed E-state index contributed by atoms with van der Waals surface area (Å²) in [6, 6.07) is 5.51. The van der Waals surface area contributed by atoms with Crippen molar-refractivity contribution in [1.82, 2.24) is 30.0 Å². The third-order valence-corrected chi connectivity index (χ3v) is 5.11. The normalized spacial score (nSPS) is 12.6. The third-order valence-electron chi connectivity index (χ3n) is 4.88. The highest BCUT2D eigenvalue weighted by molar-refractivity contribution is 6.31. The van der Waals surface area contributed by atoms with Crippen LogP contribution in [0, 0.1) is 0 Å². The molecule has 0 aliphatic heterocycles. The maximum absolute atomic E-state index is 12.8. The van der Waals surface area contributed by atoms with Gasteiger partial charge in [-0.1, -0.05) is 18.5 Å². The molecular formula is C20H21ClN6O2. The number of methoxy groups -OCH3 is 1. The molecule has 0 radical (unpaired) electrons. The van der Waals surface area contributed by atoms with Gasteiger partial charge in [-0.15, -0.1) is 0 Å². The molecule has 0 bridgehead atoms. The van der Waals surface area contributed by atoms with Crippen LogP contribution in [0.4, 0.5) is 0 Å². The molecule has 3 aromatic heterocycles. The zero-order valence-corrected chi connectivity index (χ0v) is 17.1. The van der Waals surface area contributed by atoms with Crippen molar-refractivity contribution in [2.45, 2.75) is 19.4 Å². The molecule has 1 unspecified atom stereocenters. The molecular weight excluding hydrogens is 392 g/mol. The summed E-state index contributed by atoms with van der Waals surface area (Å²) in [5.74, 6) is -0.218. The number of halogens is 1. The van der Waals surface area contributed by atoms with Crippen LogP contribution >= 0.6 is 11.6 Å². The molecule has 2 N–H and O–H groups in total. The molecule has 0 saturated carbocycles. The molecule has 150 valence electrons. The number of aromatic nitrogens is 5. The van der Waals surface area contributed by atoms with E-state index >= 15 is 0 Å². The molecule has 1 aromatic carbocycles. The van der Waals surface area contributed by atoms with Gasteiger partial charge in [0.05, 0.1) is 29.9 Å². The fourth-order valence-corrected chi connectivity index (χ4v) is 3.49. The number of amides is 1. The van der Waals surface area contributed by atoms with E-state index in [9.17, 15) is 4.79 Å². The molecule has 9 heteroatoms. The predicted octanol–water partition coefficient (Wildman–Crippen LogP) is 3.32. The summed E-state index contributed by atoms with van der Waals surface area (Å²) < 4.78 is 6.91. The number of ether oxygens (including phenoxy) is 1. The summed E-state index contributed by atoms with van der Waals surface area (Å²) in [4.78, 5) is 24.9. The minimum atomic E-state index is -0.218. The lowest BCUT2D eigenvalue weighted by molar-refractivity contribution is 0.0896. The van der Waals surface area contributed by atoms with Crippen LogP contribution in [0.3, 0.4) is 0 Å². The molecule has 3 heterocycles. The van der Waals surface area contributed by atoms with Crippen LogP contribution in [0.25, 0.3) is 33.5 Å².